The van der Waals surface area contributed by atoms with Crippen LogP contribution < -0.4 is 9.88 Å². The SMILES string of the molecule is CC(COc1cc(Cl)cc(Cl)c1)CS(N)(=O)=O. The van der Waals surface area contributed by atoms with Crippen LogP contribution in [-0.4, -0.2) is 20.8 Å². The maximum absolute atomic E-state index is 10.8. The molecule has 0 aliphatic heterocycles. The summed E-state index contributed by atoms with van der Waals surface area (Å²) in [6.07, 6.45) is 0. The van der Waals surface area contributed by atoms with Crippen LogP contribution in [0.4, 0.5) is 0 Å². The van der Waals surface area contributed by atoms with Gasteiger partial charge in [0.1, 0.15) is 5.75 Å². The first-order chi connectivity index (χ1) is 7.76. The van der Waals surface area contributed by atoms with E-state index in [9.17, 15) is 8.42 Å². The molecule has 96 valence electrons. The van der Waals surface area contributed by atoms with Crippen molar-refractivity contribution < 1.29 is 13.2 Å². The third kappa shape index (κ3) is 6.12. The molecule has 0 saturated heterocycles. The second-order valence-electron chi connectivity index (χ2n) is 3.85. The van der Waals surface area contributed by atoms with Gasteiger partial charge in [-0.1, -0.05) is 30.1 Å². The lowest BCUT2D eigenvalue weighted by molar-refractivity contribution is 0.272. The molecule has 4 nitrogen and oxygen atoms in total. The summed E-state index contributed by atoms with van der Waals surface area (Å²) in [6, 6.07) is 4.80. The minimum atomic E-state index is -3.48. The van der Waals surface area contributed by atoms with Crippen molar-refractivity contribution >= 4 is 33.2 Å². The van der Waals surface area contributed by atoms with Gasteiger partial charge in [0, 0.05) is 16.0 Å². The summed E-state index contributed by atoms with van der Waals surface area (Å²) in [5.41, 5.74) is 0. The van der Waals surface area contributed by atoms with Crippen LogP contribution in [0.2, 0.25) is 10.0 Å². The number of hydrogen-bond acceptors (Lipinski definition) is 3. The van der Waals surface area contributed by atoms with E-state index in [2.05, 4.69) is 0 Å². The van der Waals surface area contributed by atoms with Gasteiger partial charge in [0.2, 0.25) is 10.0 Å². The maximum Gasteiger partial charge on any atom is 0.209 e. The summed E-state index contributed by atoms with van der Waals surface area (Å²) in [5, 5.41) is 5.86. The lowest BCUT2D eigenvalue weighted by Gasteiger charge is -2.12. The summed E-state index contributed by atoms with van der Waals surface area (Å²) < 4.78 is 27.1. The number of nitrogens with two attached hydrogens (primary N) is 1. The highest BCUT2D eigenvalue weighted by atomic mass is 35.5. The van der Waals surface area contributed by atoms with E-state index in [0.29, 0.717) is 15.8 Å². The van der Waals surface area contributed by atoms with Crippen molar-refractivity contribution in [2.75, 3.05) is 12.4 Å². The number of benzene rings is 1. The number of halogens is 2. The summed E-state index contributed by atoms with van der Waals surface area (Å²) >= 11 is 11.6. The highest BCUT2D eigenvalue weighted by molar-refractivity contribution is 7.89. The van der Waals surface area contributed by atoms with E-state index in [1.54, 1.807) is 25.1 Å². The molecular formula is C10H13Cl2NO3S. The summed E-state index contributed by atoms with van der Waals surface area (Å²) in [4.78, 5) is 0. The Bertz CT molecular complexity index is 470. The van der Waals surface area contributed by atoms with Gasteiger partial charge in [0.25, 0.3) is 0 Å². The molecule has 0 fully saturated rings. The fourth-order valence-corrected chi connectivity index (χ4v) is 2.69. The highest BCUT2D eigenvalue weighted by Gasteiger charge is 2.12. The Labute approximate surface area is 111 Å². The van der Waals surface area contributed by atoms with Crippen molar-refractivity contribution in [2.45, 2.75) is 6.92 Å². The van der Waals surface area contributed by atoms with Crippen molar-refractivity contribution in [1.29, 1.82) is 0 Å². The fraction of sp³-hybridized carbons (Fsp3) is 0.400. The van der Waals surface area contributed by atoms with Crippen LogP contribution in [0.3, 0.4) is 0 Å². The molecular weight excluding hydrogens is 285 g/mol. The molecule has 1 rings (SSSR count). The molecule has 2 N–H and O–H groups in total. The lowest BCUT2D eigenvalue weighted by Crippen LogP contribution is -2.25. The quantitative estimate of drug-likeness (QED) is 0.906. The standard InChI is InChI=1S/C10H13Cl2NO3S/c1-7(6-17(13,14)15)5-16-10-3-8(11)2-9(12)4-10/h2-4,7H,5-6H2,1H3,(H2,13,14,15). The second-order valence-corrected chi connectivity index (χ2v) is 6.38. The zero-order valence-corrected chi connectivity index (χ0v) is 11.5. The first-order valence-corrected chi connectivity index (χ1v) is 7.33. The van der Waals surface area contributed by atoms with Crippen LogP contribution in [0, 0.1) is 5.92 Å². The lowest BCUT2D eigenvalue weighted by atomic mass is 10.2. The Morgan fingerprint density at radius 2 is 1.82 bits per heavy atom. The van der Waals surface area contributed by atoms with Crippen molar-refractivity contribution in [1.82, 2.24) is 0 Å². The predicted octanol–water partition coefficient (Wildman–Crippen LogP) is 2.30. The molecule has 0 aliphatic rings. The van der Waals surface area contributed by atoms with E-state index in [1.807, 2.05) is 0 Å². The average Bonchev–Trinajstić information content (AvgIpc) is 2.10. The molecule has 0 aromatic heterocycles. The van der Waals surface area contributed by atoms with Gasteiger partial charge in [-0.2, -0.15) is 0 Å². The van der Waals surface area contributed by atoms with Gasteiger partial charge in [-0.3, -0.25) is 0 Å². The molecule has 0 spiro atoms. The van der Waals surface area contributed by atoms with Crippen LogP contribution in [-0.2, 0) is 10.0 Å². The first kappa shape index (κ1) is 14.6. The van der Waals surface area contributed by atoms with Crippen LogP contribution in [0.15, 0.2) is 18.2 Å². The van der Waals surface area contributed by atoms with Gasteiger partial charge in [-0.15, -0.1) is 0 Å². The predicted molar refractivity (Wildman–Crippen MR) is 69.1 cm³/mol. The minimum absolute atomic E-state index is 0.124. The second kappa shape index (κ2) is 5.91. The van der Waals surface area contributed by atoms with Gasteiger partial charge in [-0.25, -0.2) is 13.6 Å². The topological polar surface area (TPSA) is 69.4 Å². The third-order valence-electron chi connectivity index (χ3n) is 1.89. The number of primary sulfonamides is 1. The monoisotopic (exact) mass is 297 g/mol. The largest absolute Gasteiger partial charge is 0.493 e. The summed E-state index contributed by atoms with van der Waals surface area (Å²) in [5.74, 6) is 0.174. The molecule has 0 aliphatic carbocycles. The molecule has 0 radical (unpaired) electrons. The van der Waals surface area contributed by atoms with Crippen LogP contribution >= 0.6 is 23.2 Å². The molecule has 1 aromatic carbocycles. The van der Waals surface area contributed by atoms with Crippen molar-refractivity contribution in [3.8, 4) is 5.75 Å². The number of sulfonamides is 1. The maximum atomic E-state index is 10.8. The van der Waals surface area contributed by atoms with Gasteiger partial charge < -0.3 is 4.74 Å². The van der Waals surface area contributed by atoms with E-state index < -0.39 is 10.0 Å². The molecule has 7 heteroatoms. The Balaban J connectivity index is 2.55. The molecule has 0 heterocycles. The number of hydrogen-bond donors (Lipinski definition) is 1. The highest BCUT2D eigenvalue weighted by Crippen LogP contribution is 2.24. The van der Waals surface area contributed by atoms with E-state index >= 15 is 0 Å². The smallest absolute Gasteiger partial charge is 0.209 e. The Hall–Kier alpha value is -0.490. The van der Waals surface area contributed by atoms with E-state index in [4.69, 9.17) is 33.1 Å². The van der Waals surface area contributed by atoms with Crippen LogP contribution in [0.5, 0.6) is 5.75 Å². The Morgan fingerprint density at radius 1 is 1.29 bits per heavy atom. The summed E-state index contributed by atoms with van der Waals surface area (Å²) in [6.45, 7) is 1.96. The molecule has 17 heavy (non-hydrogen) atoms. The fourth-order valence-electron chi connectivity index (χ4n) is 1.30. The zero-order chi connectivity index (χ0) is 13.1. The third-order valence-corrected chi connectivity index (χ3v) is 3.36. The molecule has 1 atom stereocenters. The average molecular weight is 298 g/mol. The number of ether oxygens (including phenoxy) is 1. The van der Waals surface area contributed by atoms with E-state index in [0.717, 1.165) is 0 Å². The zero-order valence-electron chi connectivity index (χ0n) is 9.19. The van der Waals surface area contributed by atoms with Crippen molar-refractivity contribution in [3.05, 3.63) is 28.2 Å². The first-order valence-electron chi connectivity index (χ1n) is 4.85. The minimum Gasteiger partial charge on any atom is -0.493 e. The summed E-state index contributed by atoms with van der Waals surface area (Å²) in [7, 11) is -3.48. The van der Waals surface area contributed by atoms with Gasteiger partial charge in [0.15, 0.2) is 0 Å². The normalized spacial score (nSPS) is 13.4. The van der Waals surface area contributed by atoms with Crippen molar-refractivity contribution in [2.24, 2.45) is 11.1 Å². The van der Waals surface area contributed by atoms with E-state index in [1.165, 1.54) is 0 Å². The molecule has 0 saturated carbocycles. The molecule has 1 unspecified atom stereocenters. The molecule has 1 aromatic rings. The number of rotatable bonds is 5. The molecule has 0 amide bonds. The van der Waals surface area contributed by atoms with Gasteiger partial charge in [0.05, 0.1) is 12.4 Å². The Kier molecular flexibility index (Phi) is 5.06. The van der Waals surface area contributed by atoms with Crippen molar-refractivity contribution in [3.63, 3.8) is 0 Å². The van der Waals surface area contributed by atoms with Gasteiger partial charge >= 0.3 is 0 Å². The molecule has 0 bridgehead atoms. The van der Waals surface area contributed by atoms with Crippen LogP contribution in [0.25, 0.3) is 0 Å². The Morgan fingerprint density at radius 3 is 2.29 bits per heavy atom. The van der Waals surface area contributed by atoms with Crippen LogP contribution in [0.1, 0.15) is 6.92 Å². The van der Waals surface area contributed by atoms with Gasteiger partial charge in [-0.05, 0) is 18.2 Å². The van der Waals surface area contributed by atoms with E-state index in [-0.39, 0.29) is 18.3 Å².